The molecule has 2 aliphatic heterocycles. The molecule has 3 aromatic carbocycles. The molecule has 264 valence electrons. The fourth-order valence-corrected chi connectivity index (χ4v) is 6.11. The standard InChI is InChI=1S/C36H39F5N2O6/c1-19-25(17-43-15-5-6-24(43)34(46)49-36(2,3)4)47-35(48-32(19)22-11-9-21(18-44)10-12-22)23-13-7-20(8-14-23)16-42-33(45)26-27(37)29(39)31(41)30(40)28(26)38/h7-14,19,24-25,32,35,44H,5-6,15-18H2,1-4H3,(H,42,45)/t19-,24+,25+,32+,35+/m1/s1. The molecule has 0 radical (unpaired) electrons. The van der Waals surface area contributed by atoms with Gasteiger partial charge in [-0.15, -0.1) is 0 Å². The van der Waals surface area contributed by atoms with E-state index in [-0.39, 0.29) is 31.1 Å². The molecule has 0 unspecified atom stereocenters. The van der Waals surface area contributed by atoms with Crippen LogP contribution in [0, 0.1) is 35.0 Å². The van der Waals surface area contributed by atoms with Crippen LogP contribution in [0.25, 0.3) is 0 Å². The van der Waals surface area contributed by atoms with Gasteiger partial charge in [0.15, 0.2) is 29.6 Å². The van der Waals surface area contributed by atoms with Crippen molar-refractivity contribution in [1.29, 1.82) is 0 Å². The van der Waals surface area contributed by atoms with Crippen LogP contribution in [0.15, 0.2) is 48.5 Å². The van der Waals surface area contributed by atoms with Gasteiger partial charge in [0.05, 0.1) is 18.8 Å². The van der Waals surface area contributed by atoms with E-state index in [0.29, 0.717) is 30.6 Å². The maximum Gasteiger partial charge on any atom is 0.323 e. The molecule has 0 aromatic heterocycles. The largest absolute Gasteiger partial charge is 0.459 e. The zero-order valence-electron chi connectivity index (χ0n) is 27.6. The summed E-state index contributed by atoms with van der Waals surface area (Å²) in [6, 6.07) is 13.6. The van der Waals surface area contributed by atoms with E-state index in [2.05, 4.69) is 10.2 Å². The van der Waals surface area contributed by atoms with Crippen molar-refractivity contribution in [2.24, 2.45) is 5.92 Å². The Bertz CT molecular complexity index is 1640. The van der Waals surface area contributed by atoms with Crippen LogP contribution in [0.2, 0.25) is 0 Å². The monoisotopic (exact) mass is 690 g/mol. The molecule has 2 fully saturated rings. The second-order valence-corrected chi connectivity index (χ2v) is 13.4. The Labute approximate surface area is 281 Å². The molecule has 2 saturated heterocycles. The van der Waals surface area contributed by atoms with Crippen LogP contribution in [0.1, 0.15) is 85.5 Å². The molecule has 2 aliphatic rings. The number of hydrogen-bond acceptors (Lipinski definition) is 7. The number of ether oxygens (including phenoxy) is 3. The topological polar surface area (TPSA) is 97.3 Å². The molecule has 8 nitrogen and oxygen atoms in total. The van der Waals surface area contributed by atoms with Gasteiger partial charge in [-0.05, 0) is 56.8 Å². The lowest BCUT2D eigenvalue weighted by Gasteiger charge is -2.43. The third kappa shape index (κ3) is 8.12. The van der Waals surface area contributed by atoms with Crippen LogP contribution in [0.4, 0.5) is 22.0 Å². The highest BCUT2D eigenvalue weighted by Crippen LogP contribution is 2.42. The lowest BCUT2D eigenvalue weighted by atomic mass is 9.90. The Morgan fingerprint density at radius 1 is 0.878 bits per heavy atom. The second-order valence-electron chi connectivity index (χ2n) is 13.4. The number of rotatable bonds is 9. The maximum absolute atomic E-state index is 14.1. The van der Waals surface area contributed by atoms with Gasteiger partial charge >= 0.3 is 5.97 Å². The molecule has 5 atom stereocenters. The third-order valence-electron chi connectivity index (χ3n) is 8.72. The van der Waals surface area contributed by atoms with Crippen LogP contribution in [0.5, 0.6) is 0 Å². The van der Waals surface area contributed by atoms with Crippen LogP contribution in [-0.4, -0.2) is 52.7 Å². The van der Waals surface area contributed by atoms with E-state index >= 15 is 0 Å². The quantitative estimate of drug-likeness (QED) is 0.116. The van der Waals surface area contributed by atoms with Crippen LogP contribution in [0.3, 0.4) is 0 Å². The third-order valence-corrected chi connectivity index (χ3v) is 8.72. The number of carbonyl (C=O) groups excluding carboxylic acids is 2. The van der Waals surface area contributed by atoms with E-state index in [9.17, 15) is 36.6 Å². The summed E-state index contributed by atoms with van der Waals surface area (Å²) in [5.41, 5.74) is 0.520. The summed E-state index contributed by atoms with van der Waals surface area (Å²) < 4.78 is 87.5. The SMILES string of the molecule is C[C@@H]1[C@H](CN2CCC[C@H]2C(=O)OC(C)(C)C)O[C@H](c2ccc(CNC(=O)c3c(F)c(F)c(F)c(F)c3F)cc2)O[C@@H]1c1ccc(CO)cc1. The summed E-state index contributed by atoms with van der Waals surface area (Å²) in [5, 5.41) is 11.7. The van der Waals surface area contributed by atoms with Gasteiger partial charge in [-0.3, -0.25) is 14.5 Å². The van der Waals surface area contributed by atoms with Gasteiger partial charge in [0.2, 0.25) is 5.82 Å². The highest BCUT2D eigenvalue weighted by atomic mass is 19.2. The Morgan fingerprint density at radius 3 is 2.04 bits per heavy atom. The van der Waals surface area contributed by atoms with Crippen molar-refractivity contribution >= 4 is 11.9 Å². The Hall–Kier alpha value is -3.91. The molecule has 5 rings (SSSR count). The lowest BCUT2D eigenvalue weighted by Crippen LogP contribution is -2.48. The van der Waals surface area contributed by atoms with Gasteiger partial charge in [-0.2, -0.15) is 0 Å². The van der Waals surface area contributed by atoms with E-state index in [4.69, 9.17) is 14.2 Å². The van der Waals surface area contributed by atoms with E-state index < -0.39 is 64.6 Å². The highest BCUT2D eigenvalue weighted by Gasteiger charge is 2.42. The van der Waals surface area contributed by atoms with Gasteiger partial charge in [0.1, 0.15) is 17.2 Å². The molecule has 13 heteroatoms. The number of benzene rings is 3. The molecular weight excluding hydrogens is 651 g/mol. The average molecular weight is 691 g/mol. The molecule has 2 heterocycles. The number of aliphatic hydroxyl groups is 1. The number of amides is 1. The first-order chi connectivity index (χ1) is 23.2. The van der Waals surface area contributed by atoms with Crippen LogP contribution in [-0.2, 0) is 32.2 Å². The Kier molecular flexibility index (Phi) is 11.1. The minimum atomic E-state index is -2.35. The van der Waals surface area contributed by atoms with Gasteiger partial charge in [-0.1, -0.05) is 55.5 Å². The summed E-state index contributed by atoms with van der Waals surface area (Å²) in [5.74, 6) is -13.1. The summed E-state index contributed by atoms with van der Waals surface area (Å²) in [6.07, 6.45) is -0.129. The molecule has 0 aliphatic carbocycles. The van der Waals surface area contributed by atoms with E-state index in [0.717, 1.165) is 17.5 Å². The first-order valence-electron chi connectivity index (χ1n) is 16.0. The zero-order chi connectivity index (χ0) is 35.6. The van der Waals surface area contributed by atoms with Gasteiger partial charge in [0, 0.05) is 24.6 Å². The van der Waals surface area contributed by atoms with Gasteiger partial charge in [-0.25, -0.2) is 22.0 Å². The van der Waals surface area contributed by atoms with Crippen LogP contribution >= 0.6 is 0 Å². The summed E-state index contributed by atoms with van der Waals surface area (Å²) in [7, 11) is 0. The maximum atomic E-state index is 14.1. The van der Waals surface area contributed by atoms with Crippen molar-refractivity contribution in [3.8, 4) is 0 Å². The first-order valence-corrected chi connectivity index (χ1v) is 16.0. The molecule has 2 N–H and O–H groups in total. The van der Waals surface area contributed by atoms with Crippen molar-refractivity contribution in [2.45, 2.75) is 83.8 Å². The number of nitrogens with zero attached hydrogens (tertiary/aromatic N) is 1. The number of carbonyl (C=O) groups is 2. The minimum Gasteiger partial charge on any atom is -0.459 e. The molecule has 1 amide bonds. The fraction of sp³-hybridized carbons (Fsp3) is 0.444. The van der Waals surface area contributed by atoms with Gasteiger partial charge in [0.25, 0.3) is 5.91 Å². The smallest absolute Gasteiger partial charge is 0.323 e. The Morgan fingerprint density at radius 2 is 1.45 bits per heavy atom. The number of nitrogens with one attached hydrogen (secondary N) is 1. The lowest BCUT2D eigenvalue weighted by molar-refractivity contribution is -0.276. The Balaban J connectivity index is 1.33. The number of aliphatic hydroxyl groups excluding tert-OH is 1. The van der Waals surface area contributed by atoms with E-state index in [1.165, 1.54) is 0 Å². The van der Waals surface area contributed by atoms with Crippen molar-refractivity contribution in [3.63, 3.8) is 0 Å². The van der Waals surface area contributed by atoms with Crippen molar-refractivity contribution in [2.75, 3.05) is 13.1 Å². The number of esters is 1. The molecular formula is C36H39F5N2O6. The number of likely N-dealkylation sites (tertiary alicyclic amines) is 1. The average Bonchev–Trinajstić information content (AvgIpc) is 3.54. The predicted molar refractivity (Wildman–Crippen MR) is 167 cm³/mol. The minimum absolute atomic E-state index is 0.106. The van der Waals surface area contributed by atoms with E-state index in [1.54, 1.807) is 24.3 Å². The number of halogens is 5. The molecule has 0 bridgehead atoms. The molecule has 49 heavy (non-hydrogen) atoms. The molecule has 0 spiro atoms. The molecule has 3 aromatic rings. The van der Waals surface area contributed by atoms with Gasteiger partial charge < -0.3 is 24.6 Å². The van der Waals surface area contributed by atoms with E-state index in [1.807, 2.05) is 52.0 Å². The molecule has 0 saturated carbocycles. The summed E-state index contributed by atoms with van der Waals surface area (Å²) in [6.45, 7) is 8.27. The van der Waals surface area contributed by atoms with Crippen molar-refractivity contribution in [1.82, 2.24) is 10.2 Å². The summed E-state index contributed by atoms with van der Waals surface area (Å²) in [4.78, 5) is 27.5. The summed E-state index contributed by atoms with van der Waals surface area (Å²) >= 11 is 0. The normalized spacial score (nSPS) is 23.0. The van der Waals surface area contributed by atoms with Crippen molar-refractivity contribution in [3.05, 3.63) is 105 Å². The first kappa shape index (κ1) is 36.4. The highest BCUT2D eigenvalue weighted by molar-refractivity contribution is 5.94. The number of hydrogen-bond donors (Lipinski definition) is 2. The van der Waals surface area contributed by atoms with Crippen LogP contribution < -0.4 is 5.32 Å². The fourth-order valence-electron chi connectivity index (χ4n) is 6.11. The zero-order valence-corrected chi connectivity index (χ0v) is 27.6. The second kappa shape index (κ2) is 14.9. The predicted octanol–water partition coefficient (Wildman–Crippen LogP) is 6.40. The van der Waals surface area contributed by atoms with Crippen molar-refractivity contribution < 1.29 is 50.9 Å².